The fourth-order valence-corrected chi connectivity index (χ4v) is 1.49. The highest BCUT2D eigenvalue weighted by Gasteiger charge is 2.14. The maximum atomic E-state index is 10.7. The SMILES string of the molecule is Cc1cc([N+](=O)[O-])c(C)cc1OCCC(N)C#N. The predicted molar refractivity (Wildman–Crippen MR) is 66.3 cm³/mol. The first-order valence-electron chi connectivity index (χ1n) is 5.49. The minimum Gasteiger partial charge on any atom is -0.493 e. The van der Waals surface area contributed by atoms with E-state index in [0.29, 0.717) is 29.9 Å². The fraction of sp³-hybridized carbons (Fsp3) is 0.417. The van der Waals surface area contributed by atoms with E-state index >= 15 is 0 Å². The number of nitrogens with two attached hydrogens (primary N) is 1. The van der Waals surface area contributed by atoms with Crippen LogP contribution in [0.15, 0.2) is 12.1 Å². The van der Waals surface area contributed by atoms with E-state index in [9.17, 15) is 10.1 Å². The van der Waals surface area contributed by atoms with Crippen molar-refractivity contribution in [3.8, 4) is 11.8 Å². The Labute approximate surface area is 105 Å². The molecule has 0 heterocycles. The van der Waals surface area contributed by atoms with E-state index in [2.05, 4.69) is 0 Å². The number of nitro groups is 1. The number of nitriles is 1. The van der Waals surface area contributed by atoms with Gasteiger partial charge >= 0.3 is 0 Å². The summed E-state index contributed by atoms with van der Waals surface area (Å²) in [5.74, 6) is 0.586. The average molecular weight is 249 g/mol. The van der Waals surface area contributed by atoms with E-state index in [4.69, 9.17) is 15.7 Å². The molecule has 18 heavy (non-hydrogen) atoms. The second-order valence-electron chi connectivity index (χ2n) is 4.03. The molecule has 1 aromatic carbocycles. The molecule has 0 aliphatic rings. The maximum absolute atomic E-state index is 10.7. The second-order valence-corrected chi connectivity index (χ2v) is 4.03. The van der Waals surface area contributed by atoms with Gasteiger partial charge in [-0.15, -0.1) is 0 Å². The topological polar surface area (TPSA) is 102 Å². The fourth-order valence-electron chi connectivity index (χ4n) is 1.49. The molecule has 96 valence electrons. The summed E-state index contributed by atoms with van der Waals surface area (Å²) in [4.78, 5) is 10.3. The van der Waals surface area contributed by atoms with Crippen molar-refractivity contribution in [1.29, 1.82) is 5.26 Å². The zero-order chi connectivity index (χ0) is 13.7. The lowest BCUT2D eigenvalue weighted by Gasteiger charge is -2.10. The third-order valence-electron chi connectivity index (χ3n) is 2.54. The lowest BCUT2D eigenvalue weighted by Crippen LogP contribution is -2.20. The summed E-state index contributed by atoms with van der Waals surface area (Å²) in [5, 5.41) is 19.3. The van der Waals surface area contributed by atoms with E-state index < -0.39 is 11.0 Å². The number of aryl methyl sites for hydroxylation is 2. The molecule has 0 saturated heterocycles. The van der Waals surface area contributed by atoms with Crippen LogP contribution in [0.25, 0.3) is 0 Å². The Morgan fingerprint density at radius 2 is 2.17 bits per heavy atom. The van der Waals surface area contributed by atoms with Crippen LogP contribution in [-0.2, 0) is 0 Å². The lowest BCUT2D eigenvalue weighted by atomic mass is 10.1. The Kier molecular flexibility index (Phi) is 4.63. The first kappa shape index (κ1) is 13.9. The first-order valence-corrected chi connectivity index (χ1v) is 5.49. The van der Waals surface area contributed by atoms with Gasteiger partial charge in [-0.25, -0.2) is 0 Å². The molecule has 0 bridgehead atoms. The molecule has 0 radical (unpaired) electrons. The van der Waals surface area contributed by atoms with E-state index in [1.165, 1.54) is 6.07 Å². The van der Waals surface area contributed by atoms with Crippen molar-refractivity contribution in [1.82, 2.24) is 0 Å². The minimum atomic E-state index is -0.551. The number of ether oxygens (including phenoxy) is 1. The molecule has 6 heteroatoms. The molecule has 2 N–H and O–H groups in total. The maximum Gasteiger partial charge on any atom is 0.272 e. The largest absolute Gasteiger partial charge is 0.493 e. The minimum absolute atomic E-state index is 0.0774. The molecular formula is C12H15N3O3. The van der Waals surface area contributed by atoms with E-state index in [0.717, 1.165) is 0 Å². The van der Waals surface area contributed by atoms with E-state index in [-0.39, 0.29) is 5.69 Å². The van der Waals surface area contributed by atoms with Crippen molar-refractivity contribution in [2.75, 3.05) is 6.61 Å². The van der Waals surface area contributed by atoms with Crippen molar-refractivity contribution in [2.24, 2.45) is 5.73 Å². The third kappa shape index (κ3) is 3.43. The van der Waals surface area contributed by atoms with Crippen LogP contribution in [0.2, 0.25) is 0 Å². The van der Waals surface area contributed by atoms with Gasteiger partial charge < -0.3 is 10.5 Å². The molecule has 6 nitrogen and oxygen atoms in total. The number of benzene rings is 1. The van der Waals surface area contributed by atoms with Crippen molar-refractivity contribution in [2.45, 2.75) is 26.3 Å². The van der Waals surface area contributed by atoms with Crippen LogP contribution >= 0.6 is 0 Å². The van der Waals surface area contributed by atoms with Crippen LogP contribution in [0.1, 0.15) is 17.5 Å². The van der Waals surface area contributed by atoms with Crippen molar-refractivity contribution in [3.63, 3.8) is 0 Å². The van der Waals surface area contributed by atoms with Crippen molar-refractivity contribution < 1.29 is 9.66 Å². The molecule has 1 unspecified atom stereocenters. The summed E-state index contributed by atoms with van der Waals surface area (Å²) in [6.07, 6.45) is 0.423. The van der Waals surface area contributed by atoms with Gasteiger partial charge in [0.2, 0.25) is 0 Å². The molecule has 0 saturated carbocycles. The average Bonchev–Trinajstić information content (AvgIpc) is 2.32. The smallest absolute Gasteiger partial charge is 0.272 e. The summed E-state index contributed by atoms with van der Waals surface area (Å²) in [6, 6.07) is 4.47. The summed E-state index contributed by atoms with van der Waals surface area (Å²) in [6.45, 7) is 3.71. The normalized spacial score (nSPS) is 11.7. The molecule has 0 aliphatic carbocycles. The second kappa shape index (κ2) is 5.98. The molecule has 1 aromatic rings. The highest BCUT2D eigenvalue weighted by Crippen LogP contribution is 2.27. The molecule has 0 spiro atoms. The van der Waals surface area contributed by atoms with Gasteiger partial charge in [0.05, 0.1) is 23.6 Å². The van der Waals surface area contributed by atoms with Crippen LogP contribution in [0.4, 0.5) is 5.69 Å². The zero-order valence-corrected chi connectivity index (χ0v) is 10.3. The molecule has 1 rings (SSSR count). The number of rotatable bonds is 5. The van der Waals surface area contributed by atoms with E-state index in [1.807, 2.05) is 6.07 Å². The van der Waals surface area contributed by atoms with Crippen LogP contribution in [0.5, 0.6) is 5.75 Å². The van der Waals surface area contributed by atoms with Crippen LogP contribution in [-0.4, -0.2) is 17.6 Å². The van der Waals surface area contributed by atoms with Crippen molar-refractivity contribution >= 4 is 5.69 Å². The highest BCUT2D eigenvalue weighted by molar-refractivity contribution is 5.49. The Bertz CT molecular complexity index is 494. The molecule has 0 amide bonds. The monoisotopic (exact) mass is 249 g/mol. The summed E-state index contributed by atoms with van der Waals surface area (Å²) in [7, 11) is 0. The Hall–Kier alpha value is -2.13. The van der Waals surface area contributed by atoms with Gasteiger partial charge in [0.15, 0.2) is 0 Å². The molecule has 0 aromatic heterocycles. The third-order valence-corrected chi connectivity index (χ3v) is 2.54. The van der Waals surface area contributed by atoms with Gasteiger partial charge in [-0.2, -0.15) is 5.26 Å². The van der Waals surface area contributed by atoms with Gasteiger partial charge in [-0.3, -0.25) is 10.1 Å². The van der Waals surface area contributed by atoms with Gasteiger partial charge in [-0.1, -0.05) is 0 Å². The number of hydrogen-bond acceptors (Lipinski definition) is 5. The predicted octanol–water partition coefficient (Wildman–Crippen LogP) is 1.83. The summed E-state index contributed by atoms with van der Waals surface area (Å²) >= 11 is 0. The molecule has 0 fully saturated rings. The summed E-state index contributed by atoms with van der Waals surface area (Å²) in [5.41, 5.74) is 6.75. The number of nitro benzene ring substituents is 1. The van der Waals surface area contributed by atoms with Gasteiger partial charge in [0.25, 0.3) is 5.69 Å². The van der Waals surface area contributed by atoms with Gasteiger partial charge in [0.1, 0.15) is 5.75 Å². The van der Waals surface area contributed by atoms with Crippen molar-refractivity contribution in [3.05, 3.63) is 33.4 Å². The quantitative estimate of drug-likeness (QED) is 0.633. The molecular weight excluding hydrogens is 234 g/mol. The van der Waals surface area contributed by atoms with Crippen LogP contribution < -0.4 is 10.5 Å². The van der Waals surface area contributed by atoms with Gasteiger partial charge in [-0.05, 0) is 25.5 Å². The van der Waals surface area contributed by atoms with E-state index in [1.54, 1.807) is 19.9 Å². The Morgan fingerprint density at radius 3 is 2.72 bits per heavy atom. The first-order chi connectivity index (χ1) is 8.45. The number of hydrogen-bond donors (Lipinski definition) is 1. The Morgan fingerprint density at radius 1 is 1.50 bits per heavy atom. The van der Waals surface area contributed by atoms with Crippen LogP contribution in [0.3, 0.4) is 0 Å². The Balaban J connectivity index is 2.77. The molecule has 0 aliphatic heterocycles. The lowest BCUT2D eigenvalue weighted by molar-refractivity contribution is -0.385. The standard InChI is InChI=1S/C12H15N3O3/c1-8-6-12(18-4-3-10(14)7-13)9(2)5-11(8)15(16)17/h5-6,10H,3-4,14H2,1-2H3. The highest BCUT2D eigenvalue weighted by atomic mass is 16.6. The van der Waals surface area contributed by atoms with Gasteiger partial charge in [0, 0.05) is 18.1 Å². The zero-order valence-electron chi connectivity index (χ0n) is 10.3. The van der Waals surface area contributed by atoms with Crippen LogP contribution in [0, 0.1) is 35.3 Å². The summed E-state index contributed by atoms with van der Waals surface area (Å²) < 4.78 is 5.47. The number of nitrogens with zero attached hydrogens (tertiary/aromatic N) is 2. The molecule has 1 atom stereocenters.